The summed E-state index contributed by atoms with van der Waals surface area (Å²) >= 11 is 0. The van der Waals surface area contributed by atoms with Crippen LogP contribution in [-0.2, 0) is 19.9 Å². The first kappa shape index (κ1) is 13.6. The molecule has 4 rings (SSSR count). The van der Waals surface area contributed by atoms with E-state index in [9.17, 15) is 0 Å². The van der Waals surface area contributed by atoms with Gasteiger partial charge in [0.2, 0.25) is 5.95 Å². The molecule has 2 N–H and O–H groups in total. The largest absolute Gasteiger partial charge is 0.368 e. The number of hydrogen-bond donors (Lipinski definition) is 1. The van der Waals surface area contributed by atoms with E-state index in [2.05, 4.69) is 50.7 Å². The van der Waals surface area contributed by atoms with Crippen molar-refractivity contribution in [2.45, 2.75) is 12.8 Å². The predicted octanol–water partition coefficient (Wildman–Crippen LogP) is 0.915. The van der Waals surface area contributed by atoms with E-state index in [0.29, 0.717) is 5.95 Å². The van der Waals surface area contributed by atoms with E-state index in [-0.39, 0.29) is 0 Å². The normalized spacial score (nSPS) is 18.2. The second-order valence-electron chi connectivity index (χ2n) is 6.31. The molecule has 6 nitrogen and oxygen atoms in total. The molecule has 1 fully saturated rings. The molecule has 0 amide bonds. The maximum absolute atomic E-state index is 6.01. The van der Waals surface area contributed by atoms with Crippen LogP contribution in [0.5, 0.6) is 0 Å². The predicted molar refractivity (Wildman–Crippen MR) is 88.0 cm³/mol. The van der Waals surface area contributed by atoms with Gasteiger partial charge in [-0.2, -0.15) is 4.98 Å². The van der Waals surface area contributed by atoms with Crippen LogP contribution in [0.4, 0.5) is 11.8 Å². The molecule has 2 aliphatic rings. The van der Waals surface area contributed by atoms with Crippen molar-refractivity contribution in [2.24, 2.45) is 7.05 Å². The lowest BCUT2D eigenvalue weighted by Gasteiger charge is -2.35. The van der Waals surface area contributed by atoms with Gasteiger partial charge in [0.1, 0.15) is 5.82 Å². The zero-order valence-electron chi connectivity index (χ0n) is 13.2. The summed E-state index contributed by atoms with van der Waals surface area (Å²) in [6, 6.07) is 2.15. The van der Waals surface area contributed by atoms with Crippen LogP contribution in [0.2, 0.25) is 0 Å². The second-order valence-corrected chi connectivity index (χ2v) is 6.31. The van der Waals surface area contributed by atoms with Crippen LogP contribution in [0.1, 0.15) is 11.3 Å². The number of fused-ring (bicyclic) bond motifs is 3. The number of nitrogen functional groups attached to an aromatic ring is 1. The first-order valence-corrected chi connectivity index (χ1v) is 7.88. The smallest absolute Gasteiger partial charge is 0.222 e. The fourth-order valence-corrected chi connectivity index (χ4v) is 3.55. The van der Waals surface area contributed by atoms with Gasteiger partial charge >= 0.3 is 0 Å². The molecule has 0 radical (unpaired) electrons. The third-order valence-corrected chi connectivity index (χ3v) is 4.87. The first-order chi connectivity index (χ1) is 10.6. The Morgan fingerprint density at radius 1 is 1.05 bits per heavy atom. The molecule has 22 heavy (non-hydrogen) atoms. The van der Waals surface area contributed by atoms with Crippen molar-refractivity contribution in [1.82, 2.24) is 19.4 Å². The van der Waals surface area contributed by atoms with Gasteiger partial charge < -0.3 is 20.1 Å². The maximum atomic E-state index is 6.01. The van der Waals surface area contributed by atoms with Gasteiger partial charge in [-0.3, -0.25) is 0 Å². The second kappa shape index (κ2) is 4.98. The molecule has 0 unspecified atom stereocenters. The number of nitrogens with zero attached hydrogens (tertiary/aromatic N) is 5. The van der Waals surface area contributed by atoms with E-state index >= 15 is 0 Å². The summed E-state index contributed by atoms with van der Waals surface area (Å²) in [7, 11) is 4.26. The number of rotatable bonds is 1. The van der Waals surface area contributed by atoms with Gasteiger partial charge in [-0.1, -0.05) is 0 Å². The van der Waals surface area contributed by atoms with Crippen LogP contribution in [0.25, 0.3) is 11.3 Å². The minimum Gasteiger partial charge on any atom is -0.368 e. The topological polar surface area (TPSA) is 63.2 Å². The fourth-order valence-electron chi connectivity index (χ4n) is 3.55. The molecule has 0 saturated carbocycles. The molecule has 1 aliphatic carbocycles. The monoisotopic (exact) mass is 298 g/mol. The first-order valence-electron chi connectivity index (χ1n) is 7.88. The number of piperazine rings is 1. The van der Waals surface area contributed by atoms with E-state index in [1.807, 2.05) is 0 Å². The third-order valence-electron chi connectivity index (χ3n) is 4.87. The lowest BCUT2D eigenvalue weighted by atomic mass is 9.94. The molecule has 6 heteroatoms. The van der Waals surface area contributed by atoms with Crippen molar-refractivity contribution in [3.8, 4) is 11.3 Å². The van der Waals surface area contributed by atoms with E-state index in [4.69, 9.17) is 5.73 Å². The summed E-state index contributed by atoms with van der Waals surface area (Å²) in [6.07, 6.45) is 4.13. The summed E-state index contributed by atoms with van der Waals surface area (Å²) in [6.45, 7) is 4.13. The molecule has 0 bridgehead atoms. The summed E-state index contributed by atoms with van der Waals surface area (Å²) in [5.74, 6) is 1.43. The Bertz CT molecular complexity index is 712. The molecule has 2 aromatic heterocycles. The van der Waals surface area contributed by atoms with Crippen LogP contribution < -0.4 is 10.6 Å². The Hall–Kier alpha value is -2.08. The Labute approximate surface area is 130 Å². The Balaban J connectivity index is 1.80. The number of hydrogen-bond acceptors (Lipinski definition) is 5. The Kier molecular flexibility index (Phi) is 3.07. The standard InChI is InChI=1S/C16H22N6/c1-20-7-9-22(10-8-20)15-12-3-4-13-11(5-6-21(13)2)14(12)18-16(17)19-15/h5-6H,3-4,7-10H2,1-2H3,(H2,17,18,19). The van der Waals surface area contributed by atoms with Crippen molar-refractivity contribution in [2.75, 3.05) is 43.9 Å². The molecule has 3 heterocycles. The van der Waals surface area contributed by atoms with Gasteiger partial charge in [0.25, 0.3) is 0 Å². The van der Waals surface area contributed by atoms with Crippen molar-refractivity contribution in [3.63, 3.8) is 0 Å². The average molecular weight is 298 g/mol. The lowest BCUT2D eigenvalue weighted by Crippen LogP contribution is -2.45. The zero-order chi connectivity index (χ0) is 15.3. The van der Waals surface area contributed by atoms with E-state index in [1.165, 1.54) is 16.8 Å². The molecule has 0 aromatic carbocycles. The molecular weight excluding hydrogens is 276 g/mol. The van der Waals surface area contributed by atoms with Crippen molar-refractivity contribution in [3.05, 3.63) is 23.5 Å². The Morgan fingerprint density at radius 2 is 1.82 bits per heavy atom. The van der Waals surface area contributed by atoms with Gasteiger partial charge in [0.15, 0.2) is 0 Å². The van der Waals surface area contributed by atoms with Crippen LogP contribution in [0.3, 0.4) is 0 Å². The third kappa shape index (κ3) is 2.06. The van der Waals surface area contributed by atoms with E-state index < -0.39 is 0 Å². The number of likely N-dealkylation sites (N-methyl/N-ethyl adjacent to an activating group) is 1. The molecule has 0 atom stereocenters. The van der Waals surface area contributed by atoms with Crippen LogP contribution in [0, 0.1) is 0 Å². The summed E-state index contributed by atoms with van der Waals surface area (Å²) in [5, 5.41) is 0. The highest BCUT2D eigenvalue weighted by Crippen LogP contribution is 2.37. The van der Waals surface area contributed by atoms with Gasteiger partial charge in [-0.05, 0) is 26.0 Å². The molecular formula is C16H22N6. The quantitative estimate of drug-likeness (QED) is 0.848. The highest BCUT2D eigenvalue weighted by atomic mass is 15.3. The highest BCUT2D eigenvalue weighted by molar-refractivity contribution is 5.74. The SMILES string of the molecule is CN1CCN(c2nc(N)nc3c2CCc2c-3ccn2C)CC1. The van der Waals surface area contributed by atoms with Crippen LogP contribution in [-0.4, -0.2) is 52.7 Å². The van der Waals surface area contributed by atoms with Crippen molar-refractivity contribution < 1.29 is 0 Å². The van der Waals surface area contributed by atoms with E-state index in [1.54, 1.807) is 0 Å². The number of aromatic nitrogens is 3. The summed E-state index contributed by atoms with van der Waals surface area (Å²) < 4.78 is 2.19. The van der Waals surface area contributed by atoms with Gasteiger partial charge in [-0.15, -0.1) is 0 Å². The maximum Gasteiger partial charge on any atom is 0.222 e. The van der Waals surface area contributed by atoms with Gasteiger partial charge in [0, 0.05) is 56.2 Å². The molecule has 1 aliphatic heterocycles. The number of aryl methyl sites for hydroxylation is 1. The lowest BCUT2D eigenvalue weighted by molar-refractivity contribution is 0.312. The Morgan fingerprint density at radius 3 is 2.59 bits per heavy atom. The number of nitrogens with two attached hydrogens (primary N) is 1. The molecule has 1 saturated heterocycles. The van der Waals surface area contributed by atoms with Gasteiger partial charge in [0.05, 0.1) is 5.69 Å². The zero-order valence-corrected chi connectivity index (χ0v) is 13.2. The summed E-state index contributed by atoms with van der Waals surface area (Å²) in [4.78, 5) is 13.9. The fraction of sp³-hybridized carbons (Fsp3) is 0.500. The van der Waals surface area contributed by atoms with Gasteiger partial charge in [-0.25, -0.2) is 4.98 Å². The average Bonchev–Trinajstić information content (AvgIpc) is 2.89. The minimum absolute atomic E-state index is 0.379. The van der Waals surface area contributed by atoms with Crippen molar-refractivity contribution in [1.29, 1.82) is 0 Å². The number of anilines is 2. The van der Waals surface area contributed by atoms with E-state index in [0.717, 1.165) is 50.5 Å². The highest BCUT2D eigenvalue weighted by Gasteiger charge is 2.27. The summed E-state index contributed by atoms with van der Waals surface area (Å²) in [5.41, 5.74) is 10.9. The van der Waals surface area contributed by atoms with Crippen LogP contribution >= 0.6 is 0 Å². The van der Waals surface area contributed by atoms with Crippen molar-refractivity contribution >= 4 is 11.8 Å². The van der Waals surface area contributed by atoms with Crippen LogP contribution in [0.15, 0.2) is 12.3 Å². The minimum atomic E-state index is 0.379. The molecule has 0 spiro atoms. The molecule has 116 valence electrons. The molecule has 2 aromatic rings.